The van der Waals surface area contributed by atoms with E-state index in [2.05, 4.69) is 4.72 Å². The van der Waals surface area contributed by atoms with Gasteiger partial charge in [-0.2, -0.15) is 0 Å². The maximum absolute atomic E-state index is 13.2. The van der Waals surface area contributed by atoms with Crippen molar-refractivity contribution in [3.05, 3.63) is 23.5 Å². The van der Waals surface area contributed by atoms with Crippen molar-refractivity contribution >= 4 is 15.7 Å². The predicted octanol–water partition coefficient (Wildman–Crippen LogP) is 0.392. The Morgan fingerprint density at radius 3 is 2.75 bits per heavy atom. The number of anilines is 1. The summed E-state index contributed by atoms with van der Waals surface area (Å²) >= 11 is 0. The summed E-state index contributed by atoms with van der Waals surface area (Å²) in [5, 5.41) is 9.42. The van der Waals surface area contributed by atoms with Crippen LogP contribution in [0.15, 0.2) is 17.0 Å². The molecule has 8 heteroatoms. The largest absolute Gasteiger partial charge is 0.396 e. The van der Waals surface area contributed by atoms with Gasteiger partial charge in [0.1, 0.15) is 5.82 Å². The number of hydrogen-bond acceptors (Lipinski definition) is 5. The van der Waals surface area contributed by atoms with Crippen molar-refractivity contribution in [3.63, 3.8) is 0 Å². The standard InChI is InChI=1S/C12H19FN2O4S/c1-8-5-10(13)11(14)6-12(8)20(17,18)15-4-3-9(16)7-19-2/h5-6,9,15-16H,3-4,7,14H2,1-2H3. The highest BCUT2D eigenvalue weighted by Gasteiger charge is 2.19. The van der Waals surface area contributed by atoms with Gasteiger partial charge in [-0.3, -0.25) is 0 Å². The summed E-state index contributed by atoms with van der Waals surface area (Å²) in [7, 11) is -2.35. The first-order valence-corrected chi connectivity index (χ1v) is 7.48. The number of hydrogen-bond donors (Lipinski definition) is 3. The van der Waals surface area contributed by atoms with Crippen molar-refractivity contribution in [2.75, 3.05) is 26.0 Å². The molecule has 0 radical (unpaired) electrons. The third-order valence-electron chi connectivity index (χ3n) is 2.71. The van der Waals surface area contributed by atoms with E-state index in [4.69, 9.17) is 10.5 Å². The summed E-state index contributed by atoms with van der Waals surface area (Å²) in [5.74, 6) is -0.656. The average molecular weight is 306 g/mol. The zero-order valence-electron chi connectivity index (χ0n) is 11.4. The molecule has 0 amide bonds. The average Bonchev–Trinajstić information content (AvgIpc) is 2.33. The molecule has 0 aliphatic heterocycles. The van der Waals surface area contributed by atoms with Gasteiger partial charge in [0.2, 0.25) is 10.0 Å². The van der Waals surface area contributed by atoms with E-state index in [1.807, 2.05) is 0 Å². The zero-order valence-corrected chi connectivity index (χ0v) is 12.2. The Balaban J connectivity index is 2.77. The maximum atomic E-state index is 13.2. The summed E-state index contributed by atoms with van der Waals surface area (Å²) in [4.78, 5) is -0.0716. The topological polar surface area (TPSA) is 102 Å². The van der Waals surface area contributed by atoms with Gasteiger partial charge < -0.3 is 15.6 Å². The number of benzene rings is 1. The van der Waals surface area contributed by atoms with Crippen LogP contribution in [0.3, 0.4) is 0 Å². The third-order valence-corrected chi connectivity index (χ3v) is 4.32. The van der Waals surface area contributed by atoms with Crippen LogP contribution in [0.2, 0.25) is 0 Å². The summed E-state index contributed by atoms with van der Waals surface area (Å²) in [6.07, 6.45) is -0.537. The van der Waals surface area contributed by atoms with Gasteiger partial charge in [-0.1, -0.05) is 0 Å². The molecule has 1 aromatic carbocycles. The van der Waals surface area contributed by atoms with Crippen LogP contribution >= 0.6 is 0 Å². The second-order valence-electron chi connectivity index (χ2n) is 4.43. The van der Waals surface area contributed by atoms with E-state index in [1.54, 1.807) is 0 Å². The molecule has 4 N–H and O–H groups in total. The van der Waals surface area contributed by atoms with Crippen LogP contribution in [0, 0.1) is 12.7 Å². The van der Waals surface area contributed by atoms with Crippen LogP contribution in [0.1, 0.15) is 12.0 Å². The van der Waals surface area contributed by atoms with Crippen molar-refractivity contribution in [2.45, 2.75) is 24.3 Å². The van der Waals surface area contributed by atoms with Crippen molar-refractivity contribution in [1.29, 1.82) is 0 Å². The number of sulfonamides is 1. The van der Waals surface area contributed by atoms with Crippen molar-refractivity contribution in [2.24, 2.45) is 0 Å². The Bertz CT molecular complexity index is 563. The van der Waals surface area contributed by atoms with E-state index < -0.39 is 21.9 Å². The Kier molecular flexibility index (Phi) is 5.88. The second-order valence-corrected chi connectivity index (χ2v) is 6.17. The molecule has 1 atom stereocenters. The first kappa shape index (κ1) is 16.8. The molecule has 1 rings (SSSR count). The highest BCUT2D eigenvalue weighted by atomic mass is 32.2. The molecule has 0 heterocycles. The zero-order chi connectivity index (χ0) is 15.3. The van der Waals surface area contributed by atoms with E-state index in [9.17, 15) is 17.9 Å². The number of methoxy groups -OCH3 is 1. The van der Waals surface area contributed by atoms with Crippen LogP contribution in [0.25, 0.3) is 0 Å². The molecule has 0 saturated carbocycles. The van der Waals surface area contributed by atoms with Gasteiger partial charge in [0.15, 0.2) is 0 Å². The highest BCUT2D eigenvalue weighted by molar-refractivity contribution is 7.89. The van der Waals surface area contributed by atoms with Gasteiger partial charge >= 0.3 is 0 Å². The highest BCUT2D eigenvalue weighted by Crippen LogP contribution is 2.21. The van der Waals surface area contributed by atoms with Gasteiger partial charge in [-0.25, -0.2) is 17.5 Å². The third kappa shape index (κ3) is 4.41. The van der Waals surface area contributed by atoms with Gasteiger partial charge in [-0.05, 0) is 31.0 Å². The lowest BCUT2D eigenvalue weighted by Crippen LogP contribution is -2.29. The second kappa shape index (κ2) is 6.98. The summed E-state index contributed by atoms with van der Waals surface area (Å²) in [6, 6.07) is 2.16. The fourth-order valence-corrected chi connectivity index (χ4v) is 2.98. The van der Waals surface area contributed by atoms with E-state index in [0.717, 1.165) is 12.1 Å². The molecule has 6 nitrogen and oxygen atoms in total. The van der Waals surface area contributed by atoms with Crippen molar-refractivity contribution in [3.8, 4) is 0 Å². The summed E-state index contributed by atoms with van der Waals surface area (Å²) < 4.78 is 44.4. The number of aliphatic hydroxyl groups is 1. The molecule has 0 saturated heterocycles. The quantitative estimate of drug-likeness (QED) is 0.633. The maximum Gasteiger partial charge on any atom is 0.240 e. The van der Waals surface area contributed by atoms with E-state index in [0.29, 0.717) is 0 Å². The molecule has 114 valence electrons. The molecule has 1 unspecified atom stereocenters. The molecule has 0 spiro atoms. The number of halogens is 1. The van der Waals surface area contributed by atoms with Gasteiger partial charge in [0.05, 0.1) is 23.3 Å². The van der Waals surface area contributed by atoms with E-state index >= 15 is 0 Å². The fourth-order valence-electron chi connectivity index (χ4n) is 1.67. The Morgan fingerprint density at radius 1 is 1.50 bits per heavy atom. The molecule has 0 aliphatic rings. The molecule has 1 aromatic rings. The van der Waals surface area contributed by atoms with E-state index in [-0.39, 0.29) is 35.7 Å². The van der Waals surface area contributed by atoms with Crippen molar-refractivity contribution < 1.29 is 22.7 Å². The molecular formula is C12H19FN2O4S. The van der Waals surface area contributed by atoms with Gasteiger partial charge in [0, 0.05) is 13.7 Å². The lowest BCUT2D eigenvalue weighted by molar-refractivity contribution is 0.0603. The minimum Gasteiger partial charge on any atom is -0.396 e. The smallest absolute Gasteiger partial charge is 0.240 e. The van der Waals surface area contributed by atoms with Crippen LogP contribution < -0.4 is 10.5 Å². The SMILES string of the molecule is COCC(O)CCNS(=O)(=O)c1cc(N)c(F)cc1C. The first-order valence-electron chi connectivity index (χ1n) is 6.00. The molecule has 0 aromatic heterocycles. The number of ether oxygens (including phenoxy) is 1. The Morgan fingerprint density at radius 2 is 2.15 bits per heavy atom. The lowest BCUT2D eigenvalue weighted by Gasteiger charge is -2.12. The number of aryl methyl sites for hydroxylation is 1. The number of nitrogens with two attached hydrogens (primary N) is 1. The number of nitrogen functional groups attached to an aromatic ring is 1. The fraction of sp³-hybridized carbons (Fsp3) is 0.500. The number of aliphatic hydroxyl groups excluding tert-OH is 1. The number of rotatable bonds is 7. The minimum atomic E-state index is -3.79. The number of nitrogens with one attached hydrogen (secondary N) is 1. The molecular weight excluding hydrogens is 287 g/mol. The molecule has 0 fully saturated rings. The van der Waals surface area contributed by atoms with Crippen LogP contribution in [0.4, 0.5) is 10.1 Å². The normalized spacial score (nSPS) is 13.4. The minimum absolute atomic E-state index is 0.0452. The molecule has 20 heavy (non-hydrogen) atoms. The summed E-state index contributed by atoms with van der Waals surface area (Å²) in [6.45, 7) is 1.66. The molecule has 0 bridgehead atoms. The monoisotopic (exact) mass is 306 g/mol. The summed E-state index contributed by atoms with van der Waals surface area (Å²) in [5.41, 5.74) is 5.42. The van der Waals surface area contributed by atoms with Gasteiger partial charge in [-0.15, -0.1) is 0 Å². The van der Waals surface area contributed by atoms with E-state index in [1.165, 1.54) is 14.0 Å². The van der Waals surface area contributed by atoms with Crippen LogP contribution in [-0.4, -0.2) is 39.9 Å². The molecule has 0 aliphatic carbocycles. The Hall–Kier alpha value is -1.22. The Labute approximate surface area is 117 Å². The van der Waals surface area contributed by atoms with Crippen LogP contribution in [0.5, 0.6) is 0 Å². The van der Waals surface area contributed by atoms with Crippen LogP contribution in [-0.2, 0) is 14.8 Å². The first-order chi connectivity index (χ1) is 9.27. The van der Waals surface area contributed by atoms with Gasteiger partial charge in [0.25, 0.3) is 0 Å². The predicted molar refractivity (Wildman–Crippen MR) is 73.2 cm³/mol. The lowest BCUT2D eigenvalue weighted by atomic mass is 10.2. The van der Waals surface area contributed by atoms with Crippen molar-refractivity contribution in [1.82, 2.24) is 4.72 Å².